The van der Waals surface area contributed by atoms with E-state index < -0.39 is 0 Å². The van der Waals surface area contributed by atoms with Crippen LogP contribution in [-0.4, -0.2) is 83.1 Å². The maximum atomic E-state index is 13.6. The van der Waals surface area contributed by atoms with Crippen LogP contribution in [0.4, 0.5) is 0 Å². The van der Waals surface area contributed by atoms with Crippen LogP contribution in [0, 0.1) is 5.92 Å². The van der Waals surface area contributed by atoms with E-state index in [4.69, 9.17) is 4.74 Å². The Kier molecular flexibility index (Phi) is 8.99. The minimum Gasteiger partial charge on any atom is -0.379 e. The maximum Gasteiger partial charge on any atom is 0.242 e. The van der Waals surface area contributed by atoms with Gasteiger partial charge < -0.3 is 19.1 Å². The third-order valence-corrected chi connectivity index (χ3v) is 6.81. The lowest BCUT2D eigenvalue weighted by molar-refractivity contribution is -0.142. The van der Waals surface area contributed by atoms with Crippen molar-refractivity contribution in [2.45, 2.75) is 52.2 Å². The van der Waals surface area contributed by atoms with E-state index in [9.17, 15) is 9.59 Å². The number of rotatable bonds is 12. The molecule has 2 aliphatic rings. The van der Waals surface area contributed by atoms with Gasteiger partial charge in [0.1, 0.15) is 0 Å². The van der Waals surface area contributed by atoms with Crippen LogP contribution >= 0.6 is 0 Å². The molecule has 0 unspecified atom stereocenters. The van der Waals surface area contributed by atoms with Crippen molar-refractivity contribution >= 4 is 11.8 Å². The van der Waals surface area contributed by atoms with Crippen LogP contribution in [0.2, 0.25) is 0 Å². The average molecular weight is 481 g/mol. The highest BCUT2D eigenvalue weighted by atomic mass is 16.5. The van der Waals surface area contributed by atoms with Crippen molar-refractivity contribution in [1.29, 1.82) is 0 Å². The van der Waals surface area contributed by atoms with Gasteiger partial charge in [-0.25, -0.2) is 0 Å². The van der Waals surface area contributed by atoms with Crippen LogP contribution in [0.5, 0.6) is 0 Å². The first kappa shape index (κ1) is 25.5. The fraction of sp³-hybridized carbons (Fsp3) is 0.571. The van der Waals surface area contributed by atoms with Crippen LogP contribution in [0.1, 0.15) is 44.4 Å². The summed E-state index contributed by atoms with van der Waals surface area (Å²) >= 11 is 0. The van der Waals surface area contributed by atoms with Crippen molar-refractivity contribution < 1.29 is 14.3 Å². The van der Waals surface area contributed by atoms with Crippen LogP contribution < -0.4 is 0 Å². The second kappa shape index (κ2) is 12.4. The highest BCUT2D eigenvalue weighted by Crippen LogP contribution is 2.29. The number of amides is 2. The molecule has 0 N–H and O–H groups in total. The quantitative estimate of drug-likeness (QED) is 0.468. The zero-order valence-electron chi connectivity index (χ0n) is 21.3. The molecule has 1 aliphatic heterocycles. The van der Waals surface area contributed by atoms with Crippen molar-refractivity contribution in [2.24, 2.45) is 5.92 Å². The molecule has 7 heteroatoms. The molecule has 1 aromatic carbocycles. The van der Waals surface area contributed by atoms with Gasteiger partial charge in [-0.2, -0.15) is 0 Å². The lowest BCUT2D eigenvalue weighted by Gasteiger charge is -2.32. The number of nitrogens with zero attached hydrogens (tertiary/aromatic N) is 4. The summed E-state index contributed by atoms with van der Waals surface area (Å²) in [4.78, 5) is 32.7. The van der Waals surface area contributed by atoms with Crippen LogP contribution in [-0.2, 0) is 27.4 Å². The van der Waals surface area contributed by atoms with E-state index in [-0.39, 0.29) is 30.3 Å². The smallest absolute Gasteiger partial charge is 0.242 e. The molecule has 1 aliphatic carbocycles. The van der Waals surface area contributed by atoms with Crippen molar-refractivity contribution in [1.82, 2.24) is 19.3 Å². The molecule has 2 fully saturated rings. The third-order valence-electron chi connectivity index (χ3n) is 6.81. The summed E-state index contributed by atoms with van der Waals surface area (Å²) in [6, 6.07) is 14.8. The Morgan fingerprint density at radius 1 is 1.03 bits per heavy atom. The fourth-order valence-corrected chi connectivity index (χ4v) is 4.62. The van der Waals surface area contributed by atoms with E-state index in [1.54, 1.807) is 4.90 Å². The molecule has 0 bridgehead atoms. The summed E-state index contributed by atoms with van der Waals surface area (Å²) < 4.78 is 7.67. The Morgan fingerprint density at radius 2 is 1.77 bits per heavy atom. The SMILES string of the molecule is CC(C)CC(=O)N(CCN1CCOCC1)CC(=O)N(Cc1cccn1Cc1ccccc1)C1CC1. The highest BCUT2D eigenvalue weighted by molar-refractivity contribution is 5.85. The summed E-state index contributed by atoms with van der Waals surface area (Å²) in [5.41, 5.74) is 2.37. The monoisotopic (exact) mass is 480 g/mol. The topological polar surface area (TPSA) is 58.0 Å². The largest absolute Gasteiger partial charge is 0.379 e. The number of carbonyl (C=O) groups is 2. The van der Waals surface area contributed by atoms with Gasteiger partial charge >= 0.3 is 0 Å². The molecule has 2 amide bonds. The molecule has 7 nitrogen and oxygen atoms in total. The van der Waals surface area contributed by atoms with Crippen molar-refractivity contribution in [3.63, 3.8) is 0 Å². The van der Waals surface area contributed by atoms with Gasteiger partial charge in [-0.15, -0.1) is 0 Å². The Morgan fingerprint density at radius 3 is 2.46 bits per heavy atom. The van der Waals surface area contributed by atoms with Crippen molar-refractivity contribution in [2.75, 3.05) is 45.9 Å². The van der Waals surface area contributed by atoms with E-state index in [0.717, 1.165) is 57.9 Å². The molecule has 2 heterocycles. The zero-order valence-corrected chi connectivity index (χ0v) is 21.3. The van der Waals surface area contributed by atoms with Gasteiger partial charge in [0.25, 0.3) is 0 Å². The first-order valence-electron chi connectivity index (χ1n) is 13.0. The summed E-state index contributed by atoms with van der Waals surface area (Å²) in [5.74, 6) is 0.396. The lowest BCUT2D eigenvalue weighted by Crippen LogP contribution is -2.47. The fourth-order valence-electron chi connectivity index (χ4n) is 4.62. The predicted molar refractivity (Wildman–Crippen MR) is 137 cm³/mol. The zero-order chi connectivity index (χ0) is 24.6. The summed E-state index contributed by atoms with van der Waals surface area (Å²) in [6.07, 6.45) is 4.64. The molecule has 2 aromatic rings. The standard InChI is InChI=1S/C28H40N4O3/c1-23(2)19-27(33)31(14-13-29-15-17-35-18-16-29)22-28(34)32(25-10-11-25)21-26-9-6-12-30(26)20-24-7-4-3-5-8-24/h3-9,12,23,25H,10-11,13-22H2,1-2H3. The third kappa shape index (κ3) is 7.67. The highest BCUT2D eigenvalue weighted by Gasteiger charge is 2.34. The Balaban J connectivity index is 1.41. The summed E-state index contributed by atoms with van der Waals surface area (Å²) in [5, 5.41) is 0. The molecule has 1 saturated carbocycles. The first-order valence-corrected chi connectivity index (χ1v) is 13.0. The summed E-state index contributed by atoms with van der Waals surface area (Å²) in [7, 11) is 0. The molecule has 1 saturated heterocycles. The number of ether oxygens (including phenoxy) is 1. The van der Waals surface area contributed by atoms with E-state index >= 15 is 0 Å². The van der Waals surface area contributed by atoms with E-state index in [1.807, 2.05) is 11.0 Å². The van der Waals surface area contributed by atoms with Gasteiger partial charge in [-0.3, -0.25) is 14.5 Å². The summed E-state index contributed by atoms with van der Waals surface area (Å²) in [6.45, 7) is 10.2. The molecular weight excluding hydrogens is 440 g/mol. The molecular formula is C28H40N4O3. The molecule has 0 atom stereocenters. The first-order chi connectivity index (χ1) is 17.0. The number of morpholine rings is 1. The minimum absolute atomic E-state index is 0.0547. The van der Waals surface area contributed by atoms with Gasteiger partial charge in [0.05, 0.1) is 26.3 Å². The number of benzene rings is 1. The number of hydrogen-bond acceptors (Lipinski definition) is 4. The Labute approximate surface area is 209 Å². The molecule has 1 aromatic heterocycles. The molecule has 0 radical (unpaired) electrons. The van der Waals surface area contributed by atoms with Gasteiger partial charge in [0.15, 0.2) is 0 Å². The molecule has 0 spiro atoms. The van der Waals surface area contributed by atoms with Crippen LogP contribution in [0.3, 0.4) is 0 Å². The molecule has 35 heavy (non-hydrogen) atoms. The second-order valence-electron chi connectivity index (χ2n) is 10.2. The molecule has 4 rings (SSSR count). The average Bonchev–Trinajstić information content (AvgIpc) is 3.60. The Bertz CT molecular complexity index is 948. The van der Waals surface area contributed by atoms with Gasteiger partial charge in [-0.05, 0) is 36.5 Å². The number of hydrogen-bond donors (Lipinski definition) is 0. The maximum absolute atomic E-state index is 13.6. The normalized spacial score (nSPS) is 16.4. The van der Waals surface area contributed by atoms with Crippen LogP contribution in [0.15, 0.2) is 48.7 Å². The number of carbonyl (C=O) groups excluding carboxylic acids is 2. The lowest BCUT2D eigenvalue weighted by atomic mass is 10.1. The van der Waals surface area contributed by atoms with Gasteiger partial charge in [0, 0.05) is 57.1 Å². The number of aromatic nitrogens is 1. The Hall–Kier alpha value is -2.64. The van der Waals surface area contributed by atoms with E-state index in [2.05, 4.69) is 65.9 Å². The second-order valence-corrected chi connectivity index (χ2v) is 10.2. The van der Waals surface area contributed by atoms with Gasteiger partial charge in [0.2, 0.25) is 11.8 Å². The van der Waals surface area contributed by atoms with Crippen molar-refractivity contribution in [3.8, 4) is 0 Å². The molecule has 190 valence electrons. The minimum atomic E-state index is 0.0547. The van der Waals surface area contributed by atoms with Crippen molar-refractivity contribution in [3.05, 3.63) is 59.9 Å². The van der Waals surface area contributed by atoms with E-state index in [1.165, 1.54) is 5.56 Å². The van der Waals surface area contributed by atoms with Crippen LogP contribution in [0.25, 0.3) is 0 Å². The van der Waals surface area contributed by atoms with E-state index in [0.29, 0.717) is 19.5 Å². The van der Waals surface area contributed by atoms with Gasteiger partial charge in [-0.1, -0.05) is 44.2 Å². The predicted octanol–water partition coefficient (Wildman–Crippen LogP) is 3.23.